The molecule has 2 N–H and O–H groups in total. The molecule has 0 aliphatic carbocycles. The van der Waals surface area contributed by atoms with E-state index in [1.165, 1.54) is 12.4 Å². The Balaban J connectivity index is 2.56. The smallest absolute Gasteiger partial charge is 0.273 e. The van der Waals surface area contributed by atoms with Crippen molar-refractivity contribution in [1.29, 1.82) is 0 Å². The van der Waals surface area contributed by atoms with Gasteiger partial charge in [-0.1, -0.05) is 0 Å². The van der Waals surface area contributed by atoms with E-state index in [4.69, 9.17) is 10.5 Å². The van der Waals surface area contributed by atoms with Gasteiger partial charge < -0.3 is 15.4 Å². The standard InChI is InChI=1S/C10H16N4O2/c1-14(4-3-5-16-2)10(15)8-6-12-7-9(11)13-8/h6-7H,3-5H2,1-2H3,(H2,11,13). The SMILES string of the molecule is COCCCN(C)C(=O)c1cncc(N)n1. The lowest BCUT2D eigenvalue weighted by molar-refractivity contribution is 0.0773. The van der Waals surface area contributed by atoms with Gasteiger partial charge in [-0.3, -0.25) is 9.78 Å². The normalized spacial score (nSPS) is 10.1. The monoisotopic (exact) mass is 224 g/mol. The minimum Gasteiger partial charge on any atom is -0.385 e. The molecule has 0 bridgehead atoms. The van der Waals surface area contributed by atoms with Crippen LogP contribution >= 0.6 is 0 Å². The summed E-state index contributed by atoms with van der Waals surface area (Å²) >= 11 is 0. The molecule has 0 aliphatic rings. The van der Waals surface area contributed by atoms with E-state index in [-0.39, 0.29) is 17.4 Å². The minimum absolute atomic E-state index is 0.184. The molecule has 0 unspecified atom stereocenters. The molecule has 6 nitrogen and oxygen atoms in total. The summed E-state index contributed by atoms with van der Waals surface area (Å²) in [5.74, 6) is 0.0621. The first-order valence-electron chi connectivity index (χ1n) is 4.97. The number of nitrogens with zero attached hydrogens (tertiary/aromatic N) is 3. The second kappa shape index (κ2) is 6.02. The van der Waals surface area contributed by atoms with Crippen molar-refractivity contribution >= 4 is 11.7 Å². The minimum atomic E-state index is -0.184. The van der Waals surface area contributed by atoms with Gasteiger partial charge >= 0.3 is 0 Å². The number of carbonyl (C=O) groups excluding carboxylic acids is 1. The van der Waals surface area contributed by atoms with E-state index < -0.39 is 0 Å². The molecule has 1 aromatic heterocycles. The molecule has 1 aromatic rings. The fourth-order valence-electron chi connectivity index (χ4n) is 1.23. The van der Waals surface area contributed by atoms with Crippen LogP contribution in [0.5, 0.6) is 0 Å². The molecule has 0 saturated carbocycles. The third-order valence-electron chi connectivity index (χ3n) is 2.06. The molecule has 0 aliphatic heterocycles. The second-order valence-corrected chi connectivity index (χ2v) is 3.40. The zero-order chi connectivity index (χ0) is 12.0. The number of nitrogen functional groups attached to an aromatic ring is 1. The van der Waals surface area contributed by atoms with E-state index in [1.807, 2.05) is 0 Å². The quantitative estimate of drug-likeness (QED) is 0.721. The molecule has 0 spiro atoms. The molecular formula is C10H16N4O2. The number of carbonyl (C=O) groups is 1. The Hall–Kier alpha value is -1.69. The average molecular weight is 224 g/mol. The van der Waals surface area contributed by atoms with E-state index in [0.29, 0.717) is 13.2 Å². The van der Waals surface area contributed by atoms with E-state index in [2.05, 4.69) is 9.97 Å². The zero-order valence-corrected chi connectivity index (χ0v) is 9.51. The summed E-state index contributed by atoms with van der Waals surface area (Å²) in [6.45, 7) is 1.24. The highest BCUT2D eigenvalue weighted by atomic mass is 16.5. The maximum absolute atomic E-state index is 11.8. The molecule has 0 radical (unpaired) electrons. The first kappa shape index (κ1) is 12.4. The van der Waals surface area contributed by atoms with E-state index in [0.717, 1.165) is 6.42 Å². The summed E-state index contributed by atoms with van der Waals surface area (Å²) in [4.78, 5) is 21.1. The molecule has 0 saturated heterocycles. The zero-order valence-electron chi connectivity index (χ0n) is 9.51. The van der Waals surface area contributed by atoms with Gasteiger partial charge in [0.15, 0.2) is 0 Å². The molecule has 16 heavy (non-hydrogen) atoms. The van der Waals surface area contributed by atoms with Crippen LogP contribution in [0.4, 0.5) is 5.82 Å². The van der Waals surface area contributed by atoms with Crippen LogP contribution in [0.15, 0.2) is 12.4 Å². The van der Waals surface area contributed by atoms with Crippen molar-refractivity contribution in [1.82, 2.24) is 14.9 Å². The van der Waals surface area contributed by atoms with Crippen LogP contribution in [0.3, 0.4) is 0 Å². The Bertz CT molecular complexity index is 356. The number of aromatic nitrogens is 2. The highest BCUT2D eigenvalue weighted by molar-refractivity contribution is 5.92. The number of methoxy groups -OCH3 is 1. The molecule has 1 heterocycles. The summed E-state index contributed by atoms with van der Waals surface area (Å²) in [6, 6.07) is 0. The van der Waals surface area contributed by atoms with Crippen LogP contribution in [0, 0.1) is 0 Å². The van der Waals surface area contributed by atoms with Crippen LogP contribution in [-0.2, 0) is 4.74 Å². The molecule has 1 rings (SSSR count). The first-order valence-corrected chi connectivity index (χ1v) is 4.97. The van der Waals surface area contributed by atoms with Crippen molar-refractivity contribution in [3.8, 4) is 0 Å². The molecule has 6 heteroatoms. The Labute approximate surface area is 94.4 Å². The van der Waals surface area contributed by atoms with Crippen molar-refractivity contribution in [3.63, 3.8) is 0 Å². The summed E-state index contributed by atoms with van der Waals surface area (Å²) < 4.78 is 4.91. The van der Waals surface area contributed by atoms with E-state index in [9.17, 15) is 4.79 Å². The van der Waals surface area contributed by atoms with Gasteiger partial charge in [0, 0.05) is 27.3 Å². The average Bonchev–Trinajstić information content (AvgIpc) is 2.28. The van der Waals surface area contributed by atoms with Gasteiger partial charge in [-0.15, -0.1) is 0 Å². The van der Waals surface area contributed by atoms with E-state index in [1.54, 1.807) is 19.1 Å². The topological polar surface area (TPSA) is 81.3 Å². The predicted octanol–water partition coefficient (Wildman–Crippen LogP) is 0.167. The largest absolute Gasteiger partial charge is 0.385 e. The molecular weight excluding hydrogens is 208 g/mol. The van der Waals surface area contributed by atoms with Gasteiger partial charge in [0.25, 0.3) is 5.91 Å². The number of hydrogen-bond acceptors (Lipinski definition) is 5. The van der Waals surface area contributed by atoms with Crippen LogP contribution in [0.25, 0.3) is 0 Å². The first-order chi connectivity index (χ1) is 7.65. The van der Waals surface area contributed by atoms with Crippen molar-refractivity contribution in [2.45, 2.75) is 6.42 Å². The molecule has 0 fully saturated rings. The van der Waals surface area contributed by atoms with Gasteiger partial charge in [0.1, 0.15) is 11.5 Å². The van der Waals surface area contributed by atoms with Gasteiger partial charge in [0.2, 0.25) is 0 Å². The van der Waals surface area contributed by atoms with Crippen molar-refractivity contribution < 1.29 is 9.53 Å². The van der Waals surface area contributed by atoms with Crippen molar-refractivity contribution in [2.75, 3.05) is 33.0 Å². The van der Waals surface area contributed by atoms with Crippen LogP contribution in [0.2, 0.25) is 0 Å². The highest BCUT2D eigenvalue weighted by Crippen LogP contribution is 2.02. The van der Waals surface area contributed by atoms with Crippen LogP contribution < -0.4 is 5.73 Å². The fourth-order valence-corrected chi connectivity index (χ4v) is 1.23. The Kier molecular flexibility index (Phi) is 4.65. The third kappa shape index (κ3) is 3.47. The van der Waals surface area contributed by atoms with Crippen molar-refractivity contribution in [3.05, 3.63) is 18.1 Å². The third-order valence-corrected chi connectivity index (χ3v) is 2.06. The summed E-state index contributed by atoms with van der Waals surface area (Å²) in [7, 11) is 3.34. The summed E-state index contributed by atoms with van der Waals surface area (Å²) in [5.41, 5.74) is 5.72. The van der Waals surface area contributed by atoms with Crippen molar-refractivity contribution in [2.24, 2.45) is 0 Å². The van der Waals surface area contributed by atoms with E-state index >= 15 is 0 Å². The maximum atomic E-state index is 11.8. The van der Waals surface area contributed by atoms with Gasteiger partial charge in [-0.05, 0) is 6.42 Å². The molecule has 1 amide bonds. The van der Waals surface area contributed by atoms with Gasteiger partial charge in [0.05, 0.1) is 12.4 Å². The maximum Gasteiger partial charge on any atom is 0.273 e. The number of rotatable bonds is 5. The molecule has 88 valence electrons. The Morgan fingerprint density at radius 1 is 1.56 bits per heavy atom. The van der Waals surface area contributed by atoms with Crippen LogP contribution in [0.1, 0.15) is 16.9 Å². The lowest BCUT2D eigenvalue weighted by Gasteiger charge is -2.16. The number of amides is 1. The Morgan fingerprint density at radius 2 is 2.31 bits per heavy atom. The lowest BCUT2D eigenvalue weighted by Crippen LogP contribution is -2.29. The number of nitrogens with two attached hydrogens (primary N) is 1. The predicted molar refractivity (Wildman–Crippen MR) is 59.9 cm³/mol. The van der Waals surface area contributed by atoms with Gasteiger partial charge in [-0.25, -0.2) is 4.98 Å². The molecule has 0 aromatic carbocycles. The van der Waals surface area contributed by atoms with Gasteiger partial charge in [-0.2, -0.15) is 0 Å². The summed E-state index contributed by atoms with van der Waals surface area (Å²) in [5, 5.41) is 0. The fraction of sp³-hybridized carbons (Fsp3) is 0.500. The number of ether oxygens (including phenoxy) is 1. The lowest BCUT2D eigenvalue weighted by atomic mass is 10.3. The number of hydrogen-bond donors (Lipinski definition) is 1. The highest BCUT2D eigenvalue weighted by Gasteiger charge is 2.13. The van der Waals surface area contributed by atoms with Crippen LogP contribution in [-0.4, -0.2) is 48.1 Å². The molecule has 0 atom stereocenters. The summed E-state index contributed by atoms with van der Waals surface area (Å²) in [6.07, 6.45) is 3.60. The number of anilines is 1. The Morgan fingerprint density at radius 3 is 2.94 bits per heavy atom. The second-order valence-electron chi connectivity index (χ2n) is 3.40.